The van der Waals surface area contributed by atoms with E-state index in [1.807, 2.05) is 4.90 Å². The van der Waals surface area contributed by atoms with E-state index in [4.69, 9.17) is 4.74 Å². The maximum absolute atomic E-state index is 12.8. The summed E-state index contributed by atoms with van der Waals surface area (Å²) < 4.78 is 9.78. The van der Waals surface area contributed by atoms with Gasteiger partial charge in [0.1, 0.15) is 5.75 Å². The number of aromatic nitrogens is 4. The summed E-state index contributed by atoms with van der Waals surface area (Å²) in [4.78, 5) is 45.9. The van der Waals surface area contributed by atoms with Crippen molar-refractivity contribution in [2.75, 3.05) is 32.8 Å². The van der Waals surface area contributed by atoms with Gasteiger partial charge in [-0.15, -0.1) is 0 Å². The number of hydrogen-bond donors (Lipinski definition) is 0. The summed E-state index contributed by atoms with van der Waals surface area (Å²) in [5, 5.41) is 0. The molecule has 0 N–H and O–H groups in total. The highest BCUT2D eigenvalue weighted by atomic mass is 16.5. The van der Waals surface area contributed by atoms with Crippen LogP contribution in [0.3, 0.4) is 0 Å². The molecule has 0 atom stereocenters. The Balaban J connectivity index is 1.13. The molecule has 2 aliphatic heterocycles. The highest BCUT2D eigenvalue weighted by molar-refractivity contribution is 5.76. The third-order valence-corrected chi connectivity index (χ3v) is 6.89. The molecule has 0 bridgehead atoms. The predicted octanol–water partition coefficient (Wildman–Crippen LogP) is 0.493. The quantitative estimate of drug-likeness (QED) is 0.525. The SMILES string of the molecule is Cn1c(=O)c2c(ncn2CCCC(=O)N2CCN(Cc3ccc4c(c3)CCO4)CC2)n(C)c1=O. The lowest BCUT2D eigenvalue weighted by molar-refractivity contribution is -0.133. The van der Waals surface area contributed by atoms with Gasteiger partial charge in [-0.1, -0.05) is 12.1 Å². The van der Waals surface area contributed by atoms with E-state index >= 15 is 0 Å². The topological polar surface area (TPSA) is 94.6 Å². The van der Waals surface area contributed by atoms with Crippen LogP contribution in [0.1, 0.15) is 24.0 Å². The van der Waals surface area contributed by atoms with Crippen molar-refractivity contribution in [1.82, 2.24) is 28.5 Å². The van der Waals surface area contributed by atoms with E-state index in [-0.39, 0.29) is 11.5 Å². The molecule has 5 rings (SSSR count). The molecule has 0 saturated carbocycles. The molecule has 0 aliphatic carbocycles. The first-order valence-electron chi connectivity index (χ1n) is 11.8. The van der Waals surface area contributed by atoms with Crippen LogP contribution in [0.2, 0.25) is 0 Å². The second-order valence-corrected chi connectivity index (χ2v) is 9.12. The Morgan fingerprint density at radius 3 is 2.68 bits per heavy atom. The van der Waals surface area contributed by atoms with Crippen molar-refractivity contribution in [3.05, 3.63) is 56.5 Å². The summed E-state index contributed by atoms with van der Waals surface area (Å²) in [6.07, 6.45) is 3.57. The van der Waals surface area contributed by atoms with Crippen LogP contribution in [0.4, 0.5) is 0 Å². The van der Waals surface area contributed by atoms with Gasteiger partial charge in [-0.3, -0.25) is 23.6 Å². The number of piperazine rings is 1. The van der Waals surface area contributed by atoms with Crippen LogP contribution in [-0.2, 0) is 38.4 Å². The van der Waals surface area contributed by atoms with Crippen LogP contribution in [0, 0.1) is 0 Å². The van der Waals surface area contributed by atoms with Crippen LogP contribution in [0.15, 0.2) is 34.1 Å². The molecule has 2 aromatic heterocycles. The van der Waals surface area contributed by atoms with Crippen molar-refractivity contribution < 1.29 is 9.53 Å². The van der Waals surface area contributed by atoms with Crippen molar-refractivity contribution in [2.45, 2.75) is 32.4 Å². The number of nitrogens with zero attached hydrogens (tertiary/aromatic N) is 6. The Labute approximate surface area is 197 Å². The van der Waals surface area contributed by atoms with Crippen molar-refractivity contribution in [3.63, 3.8) is 0 Å². The van der Waals surface area contributed by atoms with Gasteiger partial charge in [0.25, 0.3) is 5.56 Å². The summed E-state index contributed by atoms with van der Waals surface area (Å²) in [7, 11) is 3.06. The summed E-state index contributed by atoms with van der Waals surface area (Å²) in [5.41, 5.74) is 2.57. The fourth-order valence-electron chi connectivity index (χ4n) is 4.88. The first-order valence-corrected chi connectivity index (χ1v) is 11.8. The molecule has 10 heteroatoms. The number of amides is 1. The maximum atomic E-state index is 12.8. The van der Waals surface area contributed by atoms with Crippen molar-refractivity contribution in [3.8, 4) is 5.75 Å². The number of carbonyl (C=O) groups is 1. The third-order valence-electron chi connectivity index (χ3n) is 6.89. The molecule has 180 valence electrons. The summed E-state index contributed by atoms with van der Waals surface area (Å²) in [6, 6.07) is 6.44. The minimum Gasteiger partial charge on any atom is -0.493 e. The number of ether oxygens (including phenoxy) is 1. The lowest BCUT2D eigenvalue weighted by Gasteiger charge is -2.35. The molecule has 34 heavy (non-hydrogen) atoms. The Morgan fingerprint density at radius 1 is 1.09 bits per heavy atom. The second-order valence-electron chi connectivity index (χ2n) is 9.12. The van der Waals surface area contributed by atoms with Gasteiger partial charge >= 0.3 is 5.69 Å². The highest BCUT2D eigenvalue weighted by Crippen LogP contribution is 2.26. The van der Waals surface area contributed by atoms with Gasteiger partial charge in [0.05, 0.1) is 12.9 Å². The molecule has 1 amide bonds. The average Bonchev–Trinajstić information content (AvgIpc) is 3.49. The highest BCUT2D eigenvalue weighted by Gasteiger charge is 2.22. The predicted molar refractivity (Wildman–Crippen MR) is 127 cm³/mol. The minimum atomic E-state index is -0.401. The fraction of sp³-hybridized carbons (Fsp3) is 0.500. The van der Waals surface area contributed by atoms with Crippen LogP contribution >= 0.6 is 0 Å². The average molecular weight is 467 g/mol. The summed E-state index contributed by atoms with van der Waals surface area (Å²) >= 11 is 0. The van der Waals surface area contributed by atoms with Gasteiger partial charge < -0.3 is 14.2 Å². The molecule has 0 unspecified atom stereocenters. The third kappa shape index (κ3) is 4.13. The Bertz CT molecular complexity index is 1350. The number of fused-ring (bicyclic) bond motifs is 2. The molecule has 1 saturated heterocycles. The zero-order valence-electron chi connectivity index (χ0n) is 19.7. The molecule has 4 heterocycles. The van der Waals surface area contributed by atoms with Crippen LogP contribution in [0.5, 0.6) is 5.75 Å². The monoisotopic (exact) mass is 466 g/mol. The first kappa shape index (κ1) is 22.4. The van der Waals surface area contributed by atoms with E-state index in [0.717, 1.165) is 56.1 Å². The van der Waals surface area contributed by atoms with E-state index in [1.165, 1.54) is 22.7 Å². The van der Waals surface area contributed by atoms with Gasteiger partial charge in [0.2, 0.25) is 5.91 Å². The second kappa shape index (κ2) is 9.09. The molecule has 0 radical (unpaired) electrons. The number of hydrogen-bond acceptors (Lipinski definition) is 6. The summed E-state index contributed by atoms with van der Waals surface area (Å²) in [5.74, 6) is 1.14. The van der Waals surface area contributed by atoms with Gasteiger partial charge in [-0.2, -0.15) is 0 Å². The van der Waals surface area contributed by atoms with E-state index < -0.39 is 5.69 Å². The van der Waals surface area contributed by atoms with Gasteiger partial charge in [-0.25, -0.2) is 9.78 Å². The number of imidazole rings is 1. The van der Waals surface area contributed by atoms with Crippen molar-refractivity contribution >= 4 is 17.1 Å². The number of carbonyl (C=O) groups excluding carboxylic acids is 1. The zero-order chi connectivity index (χ0) is 23.8. The smallest absolute Gasteiger partial charge is 0.332 e. The molecule has 0 spiro atoms. The van der Waals surface area contributed by atoms with Gasteiger partial charge in [0.15, 0.2) is 11.2 Å². The lowest BCUT2D eigenvalue weighted by Crippen LogP contribution is -2.48. The standard InChI is InChI=1S/C24H30N6O4/c1-26-22-21(23(32)27(2)24(26)33)30(16-25-22)8-3-4-20(31)29-11-9-28(10-12-29)15-17-5-6-19-18(14-17)7-13-34-19/h5-6,14,16H,3-4,7-13,15H2,1-2H3. The van der Waals surface area contributed by atoms with E-state index in [9.17, 15) is 14.4 Å². The van der Waals surface area contributed by atoms with E-state index in [0.29, 0.717) is 30.6 Å². The minimum absolute atomic E-state index is 0.138. The molecule has 1 fully saturated rings. The van der Waals surface area contributed by atoms with Gasteiger partial charge in [0, 0.05) is 66.2 Å². The fourth-order valence-corrected chi connectivity index (χ4v) is 4.88. The summed E-state index contributed by atoms with van der Waals surface area (Å²) in [6.45, 7) is 5.32. The van der Waals surface area contributed by atoms with E-state index in [1.54, 1.807) is 17.9 Å². The molecule has 1 aromatic carbocycles. The molecule has 10 nitrogen and oxygen atoms in total. The Hall–Kier alpha value is -3.40. The molecular weight excluding hydrogens is 436 g/mol. The Kier molecular flexibility index (Phi) is 5.99. The largest absolute Gasteiger partial charge is 0.493 e. The molecule has 3 aromatic rings. The van der Waals surface area contributed by atoms with Gasteiger partial charge in [-0.05, 0) is 23.6 Å². The first-order chi connectivity index (χ1) is 16.4. The normalized spacial score (nSPS) is 16.1. The van der Waals surface area contributed by atoms with Crippen molar-refractivity contribution in [1.29, 1.82) is 0 Å². The number of rotatable bonds is 6. The van der Waals surface area contributed by atoms with Crippen molar-refractivity contribution in [2.24, 2.45) is 14.1 Å². The zero-order valence-corrected chi connectivity index (χ0v) is 19.7. The number of aryl methyl sites for hydroxylation is 2. The lowest BCUT2D eigenvalue weighted by atomic mass is 10.1. The van der Waals surface area contributed by atoms with E-state index in [2.05, 4.69) is 28.1 Å². The van der Waals surface area contributed by atoms with Crippen LogP contribution in [-0.4, -0.2) is 67.2 Å². The van der Waals surface area contributed by atoms with Crippen LogP contribution < -0.4 is 16.0 Å². The Morgan fingerprint density at radius 2 is 1.88 bits per heavy atom. The molecular formula is C24H30N6O4. The van der Waals surface area contributed by atoms with Crippen LogP contribution in [0.25, 0.3) is 11.2 Å². The molecule has 2 aliphatic rings. The maximum Gasteiger partial charge on any atom is 0.332 e. The number of benzene rings is 1.